The van der Waals surface area contributed by atoms with Crippen LogP contribution in [0.2, 0.25) is 0 Å². The second-order valence-electron chi connectivity index (χ2n) is 6.65. The van der Waals surface area contributed by atoms with Crippen molar-refractivity contribution in [2.75, 3.05) is 59.9 Å². The smallest absolute Gasteiger partial charge is 0.0487 e. The third kappa shape index (κ3) is 3.13. The minimum Gasteiger partial charge on any atom is -0.329 e. The molecule has 19 heavy (non-hydrogen) atoms. The van der Waals surface area contributed by atoms with Crippen molar-refractivity contribution in [2.45, 2.75) is 31.7 Å². The Morgan fingerprint density at radius 1 is 1.16 bits per heavy atom. The second-order valence-corrected chi connectivity index (χ2v) is 6.65. The summed E-state index contributed by atoms with van der Waals surface area (Å²) in [5, 5.41) is 0. The van der Waals surface area contributed by atoms with Crippen molar-refractivity contribution in [2.24, 2.45) is 11.7 Å². The van der Waals surface area contributed by atoms with Crippen molar-refractivity contribution in [3.8, 4) is 0 Å². The SMILES string of the molecule is CCCN(CCN(C)C)C1(CN)CN2CCC1CC2. The van der Waals surface area contributed by atoms with Crippen LogP contribution in [-0.4, -0.2) is 80.1 Å². The van der Waals surface area contributed by atoms with Crippen LogP contribution in [0.4, 0.5) is 0 Å². The van der Waals surface area contributed by atoms with Gasteiger partial charge >= 0.3 is 0 Å². The van der Waals surface area contributed by atoms with Crippen LogP contribution in [0.3, 0.4) is 0 Å². The molecule has 112 valence electrons. The summed E-state index contributed by atoms with van der Waals surface area (Å²) in [5.74, 6) is 0.816. The topological polar surface area (TPSA) is 35.7 Å². The zero-order chi connectivity index (χ0) is 13.9. The number of likely N-dealkylation sites (N-methyl/N-ethyl adjacent to an activating group) is 1. The van der Waals surface area contributed by atoms with Gasteiger partial charge in [0.05, 0.1) is 0 Å². The molecule has 0 aliphatic carbocycles. The van der Waals surface area contributed by atoms with E-state index >= 15 is 0 Å². The summed E-state index contributed by atoms with van der Waals surface area (Å²) in [5.41, 5.74) is 6.53. The third-order valence-corrected chi connectivity index (χ3v) is 5.14. The van der Waals surface area contributed by atoms with E-state index in [9.17, 15) is 0 Å². The predicted octanol–water partition coefficient (Wildman–Crippen LogP) is 0.683. The molecule has 3 fully saturated rings. The first-order chi connectivity index (χ1) is 9.12. The lowest BCUT2D eigenvalue weighted by Gasteiger charge is -2.58. The molecule has 3 rings (SSSR count). The fraction of sp³-hybridized carbons (Fsp3) is 1.00. The highest BCUT2D eigenvalue weighted by Gasteiger charge is 2.48. The Labute approximate surface area is 118 Å². The highest BCUT2D eigenvalue weighted by molar-refractivity contribution is 5.06. The van der Waals surface area contributed by atoms with E-state index in [1.54, 1.807) is 0 Å². The number of nitrogens with zero attached hydrogens (tertiary/aromatic N) is 3. The summed E-state index contributed by atoms with van der Waals surface area (Å²) in [6, 6.07) is 0. The van der Waals surface area contributed by atoms with E-state index in [0.29, 0.717) is 0 Å². The van der Waals surface area contributed by atoms with Crippen LogP contribution < -0.4 is 5.73 Å². The van der Waals surface area contributed by atoms with Gasteiger partial charge in [0.25, 0.3) is 0 Å². The van der Waals surface area contributed by atoms with Crippen LogP contribution in [0.15, 0.2) is 0 Å². The maximum absolute atomic E-state index is 6.28. The van der Waals surface area contributed by atoms with Crippen molar-refractivity contribution < 1.29 is 0 Å². The standard InChI is InChI=1S/C15H32N4/c1-4-7-19(11-10-17(2)3)15(12-16)13-18-8-5-14(15)6-9-18/h14H,4-13,16H2,1-3H3. The molecule has 3 heterocycles. The normalized spacial score (nSPS) is 34.4. The van der Waals surface area contributed by atoms with Gasteiger partial charge in [0.15, 0.2) is 0 Å². The highest BCUT2D eigenvalue weighted by atomic mass is 15.3. The van der Waals surface area contributed by atoms with Crippen molar-refractivity contribution >= 4 is 0 Å². The summed E-state index contributed by atoms with van der Waals surface area (Å²) in [4.78, 5) is 7.63. The summed E-state index contributed by atoms with van der Waals surface area (Å²) in [6.45, 7) is 10.4. The molecule has 0 aromatic carbocycles. The molecular formula is C15H32N4. The average Bonchev–Trinajstić information content (AvgIpc) is 2.44. The Balaban J connectivity index is 2.11. The largest absolute Gasteiger partial charge is 0.329 e. The van der Waals surface area contributed by atoms with Crippen LogP contribution in [0.25, 0.3) is 0 Å². The molecule has 3 aliphatic rings. The van der Waals surface area contributed by atoms with Gasteiger partial charge in [-0.3, -0.25) is 4.90 Å². The lowest BCUT2D eigenvalue weighted by Crippen LogP contribution is -2.70. The molecule has 2 bridgehead atoms. The second kappa shape index (κ2) is 6.53. The molecule has 3 saturated heterocycles. The maximum atomic E-state index is 6.28. The molecule has 3 aliphatic heterocycles. The maximum Gasteiger partial charge on any atom is 0.0487 e. The first-order valence-corrected chi connectivity index (χ1v) is 7.94. The van der Waals surface area contributed by atoms with E-state index in [1.165, 1.54) is 45.4 Å². The number of hydrogen-bond acceptors (Lipinski definition) is 4. The Hall–Kier alpha value is -0.160. The summed E-state index contributed by atoms with van der Waals surface area (Å²) < 4.78 is 0. The number of nitrogens with two attached hydrogens (primary N) is 1. The minimum absolute atomic E-state index is 0.253. The fourth-order valence-electron chi connectivity index (χ4n) is 4.01. The third-order valence-electron chi connectivity index (χ3n) is 5.14. The lowest BCUT2D eigenvalue weighted by molar-refractivity contribution is -0.0687. The molecule has 1 unspecified atom stereocenters. The quantitative estimate of drug-likeness (QED) is 0.737. The molecule has 0 spiro atoms. The number of fused-ring (bicyclic) bond motifs is 3. The highest BCUT2D eigenvalue weighted by Crippen LogP contribution is 2.39. The number of piperidine rings is 3. The van der Waals surface area contributed by atoms with Gasteiger partial charge in [-0.15, -0.1) is 0 Å². The number of rotatable bonds is 7. The zero-order valence-electron chi connectivity index (χ0n) is 13.1. The van der Waals surface area contributed by atoms with Crippen LogP contribution in [-0.2, 0) is 0 Å². The molecule has 0 aromatic heterocycles. The number of hydrogen-bond donors (Lipinski definition) is 1. The van der Waals surface area contributed by atoms with Gasteiger partial charge in [-0.25, -0.2) is 0 Å². The molecule has 4 nitrogen and oxygen atoms in total. The van der Waals surface area contributed by atoms with E-state index in [4.69, 9.17) is 5.73 Å². The molecule has 0 amide bonds. The molecule has 0 radical (unpaired) electrons. The van der Waals surface area contributed by atoms with Crippen molar-refractivity contribution in [1.29, 1.82) is 0 Å². The van der Waals surface area contributed by atoms with E-state index in [-0.39, 0.29) is 5.54 Å². The fourth-order valence-corrected chi connectivity index (χ4v) is 4.01. The molecule has 2 N–H and O–H groups in total. The van der Waals surface area contributed by atoms with Gasteiger partial charge in [0.1, 0.15) is 0 Å². The summed E-state index contributed by atoms with van der Waals surface area (Å²) in [7, 11) is 4.32. The van der Waals surface area contributed by atoms with Crippen molar-refractivity contribution in [3.63, 3.8) is 0 Å². The Morgan fingerprint density at radius 3 is 2.26 bits per heavy atom. The van der Waals surface area contributed by atoms with Crippen LogP contribution in [0.5, 0.6) is 0 Å². The molecule has 0 aromatic rings. The minimum atomic E-state index is 0.253. The Bertz CT molecular complexity index is 273. The van der Waals surface area contributed by atoms with Crippen LogP contribution >= 0.6 is 0 Å². The first kappa shape index (κ1) is 15.2. The average molecular weight is 268 g/mol. The van der Waals surface area contributed by atoms with Gasteiger partial charge in [0.2, 0.25) is 0 Å². The van der Waals surface area contributed by atoms with Gasteiger partial charge in [-0.05, 0) is 58.9 Å². The van der Waals surface area contributed by atoms with Crippen LogP contribution in [0, 0.1) is 5.92 Å². The van der Waals surface area contributed by atoms with E-state index in [2.05, 4.69) is 35.7 Å². The Morgan fingerprint density at radius 2 is 1.84 bits per heavy atom. The van der Waals surface area contributed by atoms with Crippen LogP contribution in [0.1, 0.15) is 26.2 Å². The van der Waals surface area contributed by atoms with Crippen molar-refractivity contribution in [3.05, 3.63) is 0 Å². The van der Waals surface area contributed by atoms with Gasteiger partial charge in [-0.1, -0.05) is 6.92 Å². The monoisotopic (exact) mass is 268 g/mol. The Kier molecular flexibility index (Phi) is 5.23. The van der Waals surface area contributed by atoms with Gasteiger partial charge < -0.3 is 15.5 Å². The first-order valence-electron chi connectivity index (χ1n) is 7.94. The lowest BCUT2D eigenvalue weighted by atomic mass is 9.71. The van der Waals surface area contributed by atoms with E-state index in [1.807, 2.05) is 0 Å². The van der Waals surface area contributed by atoms with Gasteiger partial charge in [-0.2, -0.15) is 0 Å². The molecular weight excluding hydrogens is 236 g/mol. The van der Waals surface area contributed by atoms with Crippen molar-refractivity contribution in [1.82, 2.24) is 14.7 Å². The van der Waals surface area contributed by atoms with Gasteiger partial charge in [0, 0.05) is 31.7 Å². The molecule has 4 heteroatoms. The summed E-state index contributed by atoms with van der Waals surface area (Å²) >= 11 is 0. The molecule has 1 atom stereocenters. The zero-order valence-corrected chi connectivity index (χ0v) is 13.1. The summed E-state index contributed by atoms with van der Waals surface area (Å²) in [6.07, 6.45) is 3.92. The molecule has 0 saturated carbocycles. The predicted molar refractivity (Wildman–Crippen MR) is 81.4 cm³/mol. The van der Waals surface area contributed by atoms with E-state index < -0.39 is 0 Å². The van der Waals surface area contributed by atoms with E-state index in [0.717, 1.165) is 25.6 Å².